The van der Waals surface area contributed by atoms with Crippen molar-refractivity contribution in [3.05, 3.63) is 52.8 Å². The topological polar surface area (TPSA) is 29.0 Å². The van der Waals surface area contributed by atoms with Crippen LogP contribution in [0.3, 0.4) is 0 Å². The number of aromatic nitrogens is 2. The molecular weight excluding hydrogens is 246 g/mol. The lowest BCUT2D eigenvalue weighted by atomic mass is 9.96. The molecule has 104 valence electrons. The molecule has 0 radical (unpaired) electrons. The molecule has 1 aromatic heterocycles. The molecule has 0 bridgehead atoms. The van der Waals surface area contributed by atoms with Crippen molar-refractivity contribution in [3.8, 4) is 0 Å². The van der Waals surface area contributed by atoms with Gasteiger partial charge in [-0.1, -0.05) is 18.2 Å². The molecular formula is C17H21N3. The van der Waals surface area contributed by atoms with Crippen molar-refractivity contribution in [3.63, 3.8) is 0 Å². The molecule has 0 N–H and O–H groups in total. The van der Waals surface area contributed by atoms with Gasteiger partial charge in [0.05, 0.1) is 6.04 Å². The van der Waals surface area contributed by atoms with Gasteiger partial charge in [0.2, 0.25) is 5.95 Å². The lowest BCUT2D eigenvalue weighted by Gasteiger charge is -2.26. The molecule has 20 heavy (non-hydrogen) atoms. The summed E-state index contributed by atoms with van der Waals surface area (Å²) in [5, 5.41) is 0. The van der Waals surface area contributed by atoms with Crippen LogP contribution in [-0.2, 0) is 0 Å². The highest BCUT2D eigenvalue weighted by Crippen LogP contribution is 2.36. The quantitative estimate of drug-likeness (QED) is 0.830. The number of aryl methyl sites for hydroxylation is 2. The number of hydrogen-bond donors (Lipinski definition) is 0. The van der Waals surface area contributed by atoms with E-state index >= 15 is 0 Å². The van der Waals surface area contributed by atoms with E-state index in [9.17, 15) is 0 Å². The van der Waals surface area contributed by atoms with Crippen molar-refractivity contribution in [2.75, 3.05) is 11.4 Å². The Morgan fingerprint density at radius 3 is 2.80 bits per heavy atom. The first kappa shape index (κ1) is 13.1. The summed E-state index contributed by atoms with van der Waals surface area (Å²) in [6.07, 6.45) is 4.24. The van der Waals surface area contributed by atoms with Gasteiger partial charge in [-0.2, -0.15) is 0 Å². The van der Waals surface area contributed by atoms with E-state index < -0.39 is 0 Å². The van der Waals surface area contributed by atoms with Gasteiger partial charge in [0.1, 0.15) is 0 Å². The van der Waals surface area contributed by atoms with Crippen LogP contribution in [0.25, 0.3) is 0 Å². The van der Waals surface area contributed by atoms with E-state index in [-0.39, 0.29) is 0 Å². The SMILES string of the molecule is Cc1ccnc(N2CCCC2c2cccc(C)c2C)n1. The Hall–Kier alpha value is -1.90. The highest BCUT2D eigenvalue weighted by Gasteiger charge is 2.29. The van der Waals surface area contributed by atoms with Gasteiger partial charge in [0, 0.05) is 18.4 Å². The molecule has 3 nitrogen and oxygen atoms in total. The molecule has 1 aliphatic heterocycles. The number of nitrogens with zero attached hydrogens (tertiary/aromatic N) is 3. The third-order valence-corrected chi connectivity index (χ3v) is 4.30. The fraction of sp³-hybridized carbons (Fsp3) is 0.412. The highest BCUT2D eigenvalue weighted by atomic mass is 15.3. The van der Waals surface area contributed by atoms with Gasteiger partial charge in [-0.15, -0.1) is 0 Å². The fourth-order valence-corrected chi connectivity index (χ4v) is 3.04. The summed E-state index contributed by atoms with van der Waals surface area (Å²) < 4.78 is 0. The van der Waals surface area contributed by atoms with Crippen molar-refractivity contribution in [2.45, 2.75) is 39.7 Å². The summed E-state index contributed by atoms with van der Waals surface area (Å²) in [4.78, 5) is 11.4. The summed E-state index contributed by atoms with van der Waals surface area (Å²) in [5.41, 5.74) is 5.21. The lowest BCUT2D eigenvalue weighted by molar-refractivity contribution is 0.695. The predicted octanol–water partition coefficient (Wildman–Crippen LogP) is 3.74. The summed E-state index contributed by atoms with van der Waals surface area (Å²) in [7, 11) is 0. The maximum atomic E-state index is 4.60. The molecule has 0 spiro atoms. The second-order valence-electron chi connectivity index (χ2n) is 5.64. The van der Waals surface area contributed by atoms with E-state index in [1.165, 1.54) is 29.5 Å². The third kappa shape index (κ3) is 2.28. The van der Waals surface area contributed by atoms with Crippen molar-refractivity contribution in [2.24, 2.45) is 0 Å². The molecule has 3 rings (SSSR count). The minimum absolute atomic E-state index is 0.414. The van der Waals surface area contributed by atoms with Crippen molar-refractivity contribution in [1.29, 1.82) is 0 Å². The molecule has 0 amide bonds. The van der Waals surface area contributed by atoms with Gasteiger partial charge >= 0.3 is 0 Å². The van der Waals surface area contributed by atoms with E-state index in [1.54, 1.807) is 0 Å². The smallest absolute Gasteiger partial charge is 0.226 e. The molecule has 3 heteroatoms. The molecule has 1 fully saturated rings. The average molecular weight is 267 g/mol. The first-order chi connectivity index (χ1) is 9.66. The maximum Gasteiger partial charge on any atom is 0.226 e. The molecule has 2 aromatic rings. The van der Waals surface area contributed by atoms with E-state index in [0.29, 0.717) is 6.04 Å². The van der Waals surface area contributed by atoms with Gasteiger partial charge in [0.25, 0.3) is 0 Å². The van der Waals surface area contributed by atoms with Gasteiger partial charge in [-0.25, -0.2) is 9.97 Å². The molecule has 1 aromatic carbocycles. The Kier molecular flexibility index (Phi) is 3.43. The van der Waals surface area contributed by atoms with Crippen LogP contribution in [0.2, 0.25) is 0 Å². The second-order valence-corrected chi connectivity index (χ2v) is 5.64. The van der Waals surface area contributed by atoms with Crippen LogP contribution in [0.4, 0.5) is 5.95 Å². The van der Waals surface area contributed by atoms with Crippen LogP contribution < -0.4 is 4.90 Å². The zero-order chi connectivity index (χ0) is 14.1. The van der Waals surface area contributed by atoms with Gasteiger partial charge < -0.3 is 4.90 Å². The Morgan fingerprint density at radius 2 is 2.00 bits per heavy atom. The first-order valence-corrected chi connectivity index (χ1v) is 7.29. The monoisotopic (exact) mass is 267 g/mol. The predicted molar refractivity (Wildman–Crippen MR) is 82.0 cm³/mol. The van der Waals surface area contributed by atoms with E-state index in [2.05, 4.69) is 46.9 Å². The van der Waals surface area contributed by atoms with Gasteiger partial charge in [-0.3, -0.25) is 0 Å². The minimum atomic E-state index is 0.414. The number of hydrogen-bond acceptors (Lipinski definition) is 3. The Morgan fingerprint density at radius 1 is 1.15 bits per heavy atom. The van der Waals surface area contributed by atoms with Gasteiger partial charge in [0.15, 0.2) is 0 Å². The van der Waals surface area contributed by atoms with Crippen molar-refractivity contribution in [1.82, 2.24) is 9.97 Å². The van der Waals surface area contributed by atoms with Crippen LogP contribution in [0, 0.1) is 20.8 Å². The number of rotatable bonds is 2. The van der Waals surface area contributed by atoms with E-state index in [0.717, 1.165) is 18.2 Å². The molecule has 1 aliphatic rings. The zero-order valence-corrected chi connectivity index (χ0v) is 12.4. The van der Waals surface area contributed by atoms with Crippen molar-refractivity contribution < 1.29 is 0 Å². The van der Waals surface area contributed by atoms with Crippen LogP contribution in [-0.4, -0.2) is 16.5 Å². The standard InChI is InChI=1S/C17H21N3/c1-12-6-4-7-15(14(12)3)16-8-5-11-20(16)17-18-10-9-13(2)19-17/h4,6-7,9-10,16H,5,8,11H2,1-3H3. The van der Waals surface area contributed by atoms with E-state index in [4.69, 9.17) is 0 Å². The molecule has 2 heterocycles. The van der Waals surface area contributed by atoms with Crippen LogP contribution in [0.5, 0.6) is 0 Å². The summed E-state index contributed by atoms with van der Waals surface area (Å²) >= 11 is 0. The highest BCUT2D eigenvalue weighted by molar-refractivity contribution is 5.43. The summed E-state index contributed by atoms with van der Waals surface area (Å²) in [6, 6.07) is 8.96. The molecule has 1 unspecified atom stereocenters. The number of anilines is 1. The molecule has 0 saturated carbocycles. The molecule has 0 aliphatic carbocycles. The zero-order valence-electron chi connectivity index (χ0n) is 12.4. The van der Waals surface area contributed by atoms with Crippen LogP contribution >= 0.6 is 0 Å². The van der Waals surface area contributed by atoms with Crippen LogP contribution in [0.15, 0.2) is 30.5 Å². The fourth-order valence-electron chi connectivity index (χ4n) is 3.04. The third-order valence-electron chi connectivity index (χ3n) is 4.30. The number of benzene rings is 1. The minimum Gasteiger partial charge on any atom is -0.334 e. The average Bonchev–Trinajstić information content (AvgIpc) is 2.91. The largest absolute Gasteiger partial charge is 0.334 e. The normalized spacial score (nSPS) is 18.6. The van der Waals surface area contributed by atoms with E-state index in [1.807, 2.05) is 19.2 Å². The maximum absolute atomic E-state index is 4.60. The Balaban J connectivity index is 1.99. The van der Waals surface area contributed by atoms with Gasteiger partial charge in [-0.05, 0) is 56.4 Å². The molecule has 1 atom stereocenters. The Labute approximate surface area is 120 Å². The first-order valence-electron chi connectivity index (χ1n) is 7.29. The Bertz CT molecular complexity index is 621. The van der Waals surface area contributed by atoms with Crippen molar-refractivity contribution >= 4 is 5.95 Å². The summed E-state index contributed by atoms with van der Waals surface area (Å²) in [5.74, 6) is 0.869. The molecule has 1 saturated heterocycles. The second kappa shape index (κ2) is 5.23. The van der Waals surface area contributed by atoms with Crippen LogP contribution in [0.1, 0.15) is 41.3 Å². The lowest BCUT2D eigenvalue weighted by Crippen LogP contribution is -2.25. The summed E-state index contributed by atoms with van der Waals surface area (Å²) in [6.45, 7) is 7.47.